The lowest BCUT2D eigenvalue weighted by Gasteiger charge is -2.17. The quantitative estimate of drug-likeness (QED) is 0.894. The average Bonchev–Trinajstić information content (AvgIpc) is 2.19. The van der Waals surface area contributed by atoms with E-state index in [2.05, 4.69) is 29.8 Å². The van der Waals surface area contributed by atoms with E-state index in [-0.39, 0.29) is 11.8 Å². The zero-order chi connectivity index (χ0) is 12.3. The van der Waals surface area contributed by atoms with Gasteiger partial charge in [0.25, 0.3) is 0 Å². The molecule has 0 aliphatic rings. The van der Waals surface area contributed by atoms with Crippen LogP contribution in [0, 0.1) is 5.92 Å². The second kappa shape index (κ2) is 5.55. The molecular formula is C12H18BrNO2. The lowest BCUT2D eigenvalue weighted by atomic mass is 9.97. The maximum atomic E-state index is 9.97. The third kappa shape index (κ3) is 3.12. The number of hydrogen-bond acceptors (Lipinski definition) is 3. The van der Waals surface area contributed by atoms with Crippen molar-refractivity contribution in [1.82, 2.24) is 0 Å². The first-order valence-corrected chi connectivity index (χ1v) is 6.07. The molecule has 90 valence electrons. The van der Waals surface area contributed by atoms with Crippen molar-refractivity contribution in [2.24, 2.45) is 11.7 Å². The second-order valence-electron chi connectivity index (χ2n) is 4.28. The van der Waals surface area contributed by atoms with Crippen molar-refractivity contribution in [3.63, 3.8) is 0 Å². The second-order valence-corrected chi connectivity index (χ2v) is 5.20. The van der Waals surface area contributed by atoms with Crippen LogP contribution in [0.3, 0.4) is 0 Å². The summed E-state index contributed by atoms with van der Waals surface area (Å²) in [5.41, 5.74) is 6.78. The zero-order valence-electron chi connectivity index (χ0n) is 9.83. The molecule has 0 bridgehead atoms. The van der Waals surface area contributed by atoms with Crippen LogP contribution in [-0.2, 0) is 0 Å². The molecule has 0 amide bonds. The van der Waals surface area contributed by atoms with E-state index in [0.29, 0.717) is 11.7 Å². The molecule has 0 spiro atoms. The Morgan fingerprint density at radius 3 is 2.56 bits per heavy atom. The Morgan fingerprint density at radius 2 is 2.06 bits per heavy atom. The molecule has 0 fully saturated rings. The molecule has 0 heterocycles. The predicted octanol–water partition coefficient (Wildman–Crippen LogP) is 3.21. The molecule has 1 aromatic rings. The number of ether oxygens (including phenoxy) is 1. The van der Waals surface area contributed by atoms with Gasteiger partial charge in [-0.25, -0.2) is 0 Å². The maximum Gasteiger partial charge on any atom is 0.162 e. The van der Waals surface area contributed by atoms with E-state index >= 15 is 0 Å². The zero-order valence-corrected chi connectivity index (χ0v) is 11.4. The van der Waals surface area contributed by atoms with E-state index in [1.165, 1.54) is 7.11 Å². The molecule has 1 rings (SSSR count). The SMILES string of the molecule is COc1cc(Br)cc([C@H](N)CC(C)C)c1O. The van der Waals surface area contributed by atoms with E-state index in [4.69, 9.17) is 10.5 Å². The molecule has 3 N–H and O–H groups in total. The molecule has 4 heteroatoms. The Labute approximate surface area is 105 Å². The Kier molecular flexibility index (Phi) is 4.62. The van der Waals surface area contributed by atoms with Gasteiger partial charge in [-0.2, -0.15) is 0 Å². The highest BCUT2D eigenvalue weighted by atomic mass is 79.9. The van der Waals surface area contributed by atoms with Crippen molar-refractivity contribution in [2.45, 2.75) is 26.3 Å². The highest BCUT2D eigenvalue weighted by molar-refractivity contribution is 9.10. The van der Waals surface area contributed by atoms with Crippen molar-refractivity contribution in [3.8, 4) is 11.5 Å². The van der Waals surface area contributed by atoms with Crippen molar-refractivity contribution in [2.75, 3.05) is 7.11 Å². The summed E-state index contributed by atoms with van der Waals surface area (Å²) in [6.45, 7) is 4.21. The maximum absolute atomic E-state index is 9.97. The minimum atomic E-state index is -0.175. The Balaban J connectivity index is 3.07. The van der Waals surface area contributed by atoms with Crippen LogP contribution in [0.25, 0.3) is 0 Å². The number of nitrogens with two attached hydrogens (primary N) is 1. The summed E-state index contributed by atoms with van der Waals surface area (Å²) in [4.78, 5) is 0. The van der Waals surface area contributed by atoms with E-state index in [1.54, 1.807) is 6.07 Å². The summed E-state index contributed by atoms with van der Waals surface area (Å²) in [6, 6.07) is 3.39. The van der Waals surface area contributed by atoms with Gasteiger partial charge in [-0.3, -0.25) is 0 Å². The number of phenols is 1. The topological polar surface area (TPSA) is 55.5 Å². The first kappa shape index (κ1) is 13.3. The summed E-state index contributed by atoms with van der Waals surface area (Å²) >= 11 is 3.38. The van der Waals surface area contributed by atoms with Crippen molar-refractivity contribution in [3.05, 3.63) is 22.2 Å². The van der Waals surface area contributed by atoms with E-state index in [9.17, 15) is 5.11 Å². The van der Waals surface area contributed by atoms with Gasteiger partial charge in [0, 0.05) is 16.1 Å². The third-order valence-electron chi connectivity index (χ3n) is 2.41. The van der Waals surface area contributed by atoms with Gasteiger partial charge in [0.05, 0.1) is 7.11 Å². The van der Waals surface area contributed by atoms with Gasteiger partial charge < -0.3 is 15.6 Å². The first-order chi connectivity index (χ1) is 7.45. The standard InChI is InChI=1S/C12H18BrNO2/c1-7(2)4-10(14)9-5-8(13)6-11(16-3)12(9)15/h5-7,10,15H,4,14H2,1-3H3/t10-/m1/s1. The van der Waals surface area contributed by atoms with E-state index < -0.39 is 0 Å². The van der Waals surface area contributed by atoms with Gasteiger partial charge in [0.1, 0.15) is 0 Å². The minimum absolute atomic E-state index is 0.138. The van der Waals surface area contributed by atoms with Crippen LogP contribution in [0.2, 0.25) is 0 Å². The lowest BCUT2D eigenvalue weighted by Crippen LogP contribution is -2.13. The molecule has 16 heavy (non-hydrogen) atoms. The van der Waals surface area contributed by atoms with Crippen LogP contribution in [0.15, 0.2) is 16.6 Å². The average molecular weight is 288 g/mol. The highest BCUT2D eigenvalue weighted by Crippen LogP contribution is 2.37. The van der Waals surface area contributed by atoms with Crippen LogP contribution in [0.1, 0.15) is 31.9 Å². The van der Waals surface area contributed by atoms with Gasteiger partial charge in [-0.05, 0) is 24.5 Å². The van der Waals surface area contributed by atoms with Crippen LogP contribution in [0.4, 0.5) is 0 Å². The summed E-state index contributed by atoms with van der Waals surface area (Å²) in [6.07, 6.45) is 0.827. The van der Waals surface area contributed by atoms with E-state index in [1.807, 2.05) is 6.07 Å². The van der Waals surface area contributed by atoms with Crippen molar-refractivity contribution >= 4 is 15.9 Å². The van der Waals surface area contributed by atoms with Crippen LogP contribution >= 0.6 is 15.9 Å². The summed E-state index contributed by atoms with van der Waals surface area (Å²) in [5, 5.41) is 9.97. The molecule has 0 saturated carbocycles. The van der Waals surface area contributed by atoms with Gasteiger partial charge in [0.15, 0.2) is 11.5 Å². The number of hydrogen-bond donors (Lipinski definition) is 2. The molecule has 0 saturated heterocycles. The van der Waals surface area contributed by atoms with Crippen LogP contribution in [-0.4, -0.2) is 12.2 Å². The fourth-order valence-corrected chi connectivity index (χ4v) is 2.12. The van der Waals surface area contributed by atoms with Crippen molar-refractivity contribution in [1.29, 1.82) is 0 Å². The predicted molar refractivity (Wildman–Crippen MR) is 68.7 cm³/mol. The Morgan fingerprint density at radius 1 is 1.44 bits per heavy atom. The number of rotatable bonds is 4. The monoisotopic (exact) mass is 287 g/mol. The van der Waals surface area contributed by atoms with E-state index in [0.717, 1.165) is 16.5 Å². The molecule has 1 atom stereocenters. The normalized spacial score (nSPS) is 12.9. The number of methoxy groups -OCH3 is 1. The summed E-state index contributed by atoms with van der Waals surface area (Å²) < 4.78 is 5.94. The largest absolute Gasteiger partial charge is 0.504 e. The number of aromatic hydroxyl groups is 1. The first-order valence-electron chi connectivity index (χ1n) is 5.27. The Hall–Kier alpha value is -0.740. The molecule has 0 aliphatic heterocycles. The molecule has 1 aromatic carbocycles. The number of halogens is 1. The van der Waals surface area contributed by atoms with Gasteiger partial charge >= 0.3 is 0 Å². The molecule has 0 unspecified atom stereocenters. The van der Waals surface area contributed by atoms with Crippen molar-refractivity contribution < 1.29 is 9.84 Å². The van der Waals surface area contributed by atoms with Crippen LogP contribution < -0.4 is 10.5 Å². The molecular weight excluding hydrogens is 270 g/mol. The number of benzene rings is 1. The summed E-state index contributed by atoms with van der Waals surface area (Å²) in [7, 11) is 1.53. The van der Waals surface area contributed by atoms with Gasteiger partial charge in [0.2, 0.25) is 0 Å². The molecule has 0 radical (unpaired) electrons. The van der Waals surface area contributed by atoms with Gasteiger partial charge in [-0.15, -0.1) is 0 Å². The highest BCUT2D eigenvalue weighted by Gasteiger charge is 2.16. The fraction of sp³-hybridized carbons (Fsp3) is 0.500. The third-order valence-corrected chi connectivity index (χ3v) is 2.87. The Bertz CT molecular complexity index is 366. The van der Waals surface area contributed by atoms with Crippen LogP contribution in [0.5, 0.6) is 11.5 Å². The molecule has 3 nitrogen and oxygen atoms in total. The molecule has 0 aromatic heterocycles. The smallest absolute Gasteiger partial charge is 0.162 e. The minimum Gasteiger partial charge on any atom is -0.504 e. The lowest BCUT2D eigenvalue weighted by molar-refractivity contribution is 0.365. The number of phenolic OH excluding ortho intramolecular Hbond substituents is 1. The van der Waals surface area contributed by atoms with Gasteiger partial charge in [-0.1, -0.05) is 29.8 Å². The fourth-order valence-electron chi connectivity index (χ4n) is 1.67. The molecule has 0 aliphatic carbocycles. The summed E-state index contributed by atoms with van der Waals surface area (Å²) in [5.74, 6) is 1.07.